The van der Waals surface area contributed by atoms with Crippen molar-refractivity contribution in [2.75, 3.05) is 0 Å². The van der Waals surface area contributed by atoms with Gasteiger partial charge in [-0.05, 0) is 124 Å². The summed E-state index contributed by atoms with van der Waals surface area (Å²) in [5, 5.41) is 20.2. The summed E-state index contributed by atoms with van der Waals surface area (Å²) in [7, 11) is -4.87. The highest BCUT2D eigenvalue weighted by Gasteiger charge is 2.49. The number of rotatable bonds is 2. The second kappa shape index (κ2) is 13.3. The number of fused-ring (bicyclic) bond motifs is 25. The van der Waals surface area contributed by atoms with E-state index < -0.39 is 16.1 Å². The molecule has 0 fully saturated rings. The lowest BCUT2D eigenvalue weighted by Gasteiger charge is -2.28. The maximum atomic E-state index is 7.03. The van der Waals surface area contributed by atoms with Gasteiger partial charge < -0.3 is 17.7 Å². The van der Waals surface area contributed by atoms with Crippen LogP contribution in [0.15, 0.2) is 200 Å². The zero-order valence-corrected chi connectivity index (χ0v) is 42.0. The first-order valence-corrected chi connectivity index (χ1v) is 31.1. The van der Waals surface area contributed by atoms with Crippen LogP contribution in [-0.4, -0.2) is 16.1 Å². The van der Waals surface area contributed by atoms with Gasteiger partial charge in [-0.3, -0.25) is 0 Å². The number of para-hydroxylation sites is 2. The molecule has 6 heteroatoms. The second-order valence-electron chi connectivity index (χ2n) is 21.4. The standard InChI is InChI=1S/C66H42O4Si2/c1-71(2)55-33-47(37-21-25-43-53(31-37)67-51-29-23-35-13-5-7-15-39(35)57(43)51)63-61(41-17-9-11-19-49(41)69-63)59(55)45-27-28-46-60-56(72(3,4)66(46)65(45)71)34-48(64-62(60)42-18-10-12-20-50(42)70-64)38-22-26-44-54(32-38)68-52-30-24-36-14-6-8-16-40(36)58(44)52/h5-34H,1-4H3. The van der Waals surface area contributed by atoms with Crippen molar-refractivity contribution < 1.29 is 17.7 Å². The Morgan fingerprint density at radius 2 is 0.694 bits per heavy atom. The monoisotopic (exact) mass is 954 g/mol. The van der Waals surface area contributed by atoms with Crippen molar-refractivity contribution in [2.45, 2.75) is 26.2 Å². The quantitative estimate of drug-likeness (QED) is 0.162. The van der Waals surface area contributed by atoms with Crippen molar-refractivity contribution in [1.29, 1.82) is 0 Å². The van der Waals surface area contributed by atoms with E-state index in [0.29, 0.717) is 0 Å². The lowest BCUT2D eigenvalue weighted by molar-refractivity contribution is 0.667. The van der Waals surface area contributed by atoms with Crippen LogP contribution in [0.2, 0.25) is 26.2 Å². The lowest BCUT2D eigenvalue weighted by atomic mass is 9.91. The van der Waals surface area contributed by atoms with Crippen LogP contribution in [0.3, 0.4) is 0 Å². The van der Waals surface area contributed by atoms with Gasteiger partial charge in [0, 0.05) is 54.2 Å². The van der Waals surface area contributed by atoms with Crippen molar-refractivity contribution in [3.05, 3.63) is 182 Å². The average molecular weight is 955 g/mol. The first-order chi connectivity index (χ1) is 35.2. The summed E-state index contributed by atoms with van der Waals surface area (Å²) in [6.07, 6.45) is 0. The van der Waals surface area contributed by atoms with Gasteiger partial charge in [-0.15, -0.1) is 0 Å². The van der Waals surface area contributed by atoms with Crippen LogP contribution in [0.4, 0.5) is 0 Å². The number of furan rings is 4. The van der Waals surface area contributed by atoms with Gasteiger partial charge in [0.05, 0.1) is 0 Å². The third-order valence-corrected chi connectivity index (χ3v) is 24.3. The molecular weight excluding hydrogens is 913 g/mol. The molecule has 72 heavy (non-hydrogen) atoms. The van der Waals surface area contributed by atoms with Crippen molar-refractivity contribution in [3.63, 3.8) is 0 Å². The van der Waals surface area contributed by atoms with E-state index in [1.807, 2.05) is 0 Å². The summed E-state index contributed by atoms with van der Waals surface area (Å²) in [4.78, 5) is 0. The summed E-state index contributed by atoms with van der Waals surface area (Å²) < 4.78 is 27.4. The van der Waals surface area contributed by atoms with Crippen LogP contribution in [0.25, 0.3) is 154 Å². The molecule has 0 unspecified atom stereocenters. The van der Waals surface area contributed by atoms with Gasteiger partial charge in [0.1, 0.15) is 60.8 Å². The summed E-state index contributed by atoms with van der Waals surface area (Å²) in [5.74, 6) is 0. The molecule has 15 aromatic rings. The van der Waals surface area contributed by atoms with Gasteiger partial charge in [0.2, 0.25) is 0 Å². The third kappa shape index (κ3) is 4.82. The minimum absolute atomic E-state index is 0.885. The van der Waals surface area contributed by atoms with Crippen LogP contribution >= 0.6 is 0 Å². The highest BCUT2D eigenvalue weighted by Crippen LogP contribution is 2.49. The SMILES string of the molecule is C[Si]1(C)c2cc(-c3ccc4c(c3)oc3ccc5ccccc5c34)c3oc4ccccc4c3c2-c2ccc3c(c21)[Si](C)(C)c1cc(-c2ccc4c(c2)oc2ccc5ccccc5c24)c2oc4ccccc4c2c1-3. The van der Waals surface area contributed by atoms with Gasteiger partial charge in [-0.2, -0.15) is 0 Å². The Morgan fingerprint density at radius 1 is 0.292 bits per heavy atom. The third-order valence-electron chi connectivity index (χ3n) is 17.0. The molecule has 338 valence electrons. The number of hydrogen-bond acceptors (Lipinski definition) is 4. The van der Waals surface area contributed by atoms with Gasteiger partial charge >= 0.3 is 0 Å². The zero-order chi connectivity index (χ0) is 47.5. The van der Waals surface area contributed by atoms with Crippen molar-refractivity contribution in [1.82, 2.24) is 0 Å². The summed E-state index contributed by atoms with van der Waals surface area (Å²) in [6, 6.07) is 66.4. The first-order valence-electron chi connectivity index (χ1n) is 25.1. The van der Waals surface area contributed by atoms with Crippen molar-refractivity contribution in [3.8, 4) is 44.5 Å². The molecule has 0 radical (unpaired) electrons. The highest BCUT2D eigenvalue weighted by molar-refractivity contribution is 7.13. The molecule has 0 aliphatic carbocycles. The fraction of sp³-hybridized carbons (Fsp3) is 0.0606. The lowest BCUT2D eigenvalue weighted by Crippen LogP contribution is -2.63. The largest absolute Gasteiger partial charge is 0.456 e. The van der Waals surface area contributed by atoms with Crippen molar-refractivity contribution in [2.24, 2.45) is 0 Å². The molecule has 0 atom stereocenters. The molecule has 6 heterocycles. The van der Waals surface area contributed by atoms with Gasteiger partial charge in [0.25, 0.3) is 0 Å². The molecule has 4 nitrogen and oxygen atoms in total. The Bertz CT molecular complexity index is 4680. The average Bonchev–Trinajstić information content (AvgIpc) is 4.25. The second-order valence-corrected chi connectivity index (χ2v) is 30.0. The van der Waals surface area contributed by atoms with E-state index in [9.17, 15) is 0 Å². The number of hydrogen-bond donors (Lipinski definition) is 0. The van der Waals surface area contributed by atoms with Crippen LogP contribution in [0, 0.1) is 0 Å². The van der Waals surface area contributed by atoms with E-state index >= 15 is 0 Å². The summed E-state index contributed by atoms with van der Waals surface area (Å²) in [6.45, 7) is 10.4. The molecule has 2 aliphatic rings. The Morgan fingerprint density at radius 3 is 1.15 bits per heavy atom. The molecule has 4 aromatic heterocycles. The predicted octanol–water partition coefficient (Wildman–Crippen LogP) is 16.5. The Balaban J connectivity index is 0.893. The van der Waals surface area contributed by atoms with Crippen LogP contribution < -0.4 is 20.7 Å². The minimum Gasteiger partial charge on any atom is -0.456 e. The molecule has 0 saturated heterocycles. The minimum atomic E-state index is -2.43. The van der Waals surface area contributed by atoms with E-state index in [-0.39, 0.29) is 0 Å². The van der Waals surface area contributed by atoms with E-state index in [0.717, 1.165) is 99.2 Å². The summed E-state index contributed by atoms with van der Waals surface area (Å²) in [5.41, 5.74) is 17.1. The van der Waals surface area contributed by atoms with Gasteiger partial charge in [0.15, 0.2) is 0 Å². The van der Waals surface area contributed by atoms with E-state index in [4.69, 9.17) is 17.7 Å². The molecule has 17 rings (SSSR count). The van der Waals surface area contributed by atoms with E-state index in [2.05, 4.69) is 208 Å². The van der Waals surface area contributed by atoms with Crippen LogP contribution in [-0.2, 0) is 0 Å². The fourth-order valence-corrected chi connectivity index (χ4v) is 22.3. The Kier molecular flexibility index (Phi) is 7.26. The molecule has 0 bridgehead atoms. The smallest absolute Gasteiger partial charge is 0.143 e. The Hall–Kier alpha value is -8.43. The topological polar surface area (TPSA) is 52.6 Å². The molecule has 2 aliphatic heterocycles. The normalized spacial score (nSPS) is 14.6. The molecule has 0 saturated carbocycles. The Labute approximate surface area is 414 Å². The van der Waals surface area contributed by atoms with E-state index in [1.54, 1.807) is 10.4 Å². The van der Waals surface area contributed by atoms with E-state index in [1.165, 1.54) is 64.9 Å². The fourth-order valence-electron chi connectivity index (χ4n) is 13.8. The van der Waals surface area contributed by atoms with Crippen molar-refractivity contribution >= 4 is 146 Å². The van der Waals surface area contributed by atoms with Gasteiger partial charge in [-0.1, -0.05) is 160 Å². The molecule has 0 spiro atoms. The highest BCUT2D eigenvalue weighted by atomic mass is 28.3. The molecule has 0 N–H and O–H groups in total. The molecular formula is C66H42O4Si2. The van der Waals surface area contributed by atoms with Crippen LogP contribution in [0.5, 0.6) is 0 Å². The zero-order valence-electron chi connectivity index (χ0n) is 40.0. The number of benzene rings is 11. The predicted molar refractivity (Wildman–Crippen MR) is 306 cm³/mol. The molecule has 0 amide bonds. The maximum Gasteiger partial charge on any atom is 0.143 e. The first kappa shape index (κ1) is 39.3. The summed E-state index contributed by atoms with van der Waals surface area (Å²) >= 11 is 0. The molecule has 11 aromatic carbocycles. The maximum absolute atomic E-state index is 7.03. The van der Waals surface area contributed by atoms with Crippen LogP contribution in [0.1, 0.15) is 0 Å². The van der Waals surface area contributed by atoms with Gasteiger partial charge in [-0.25, -0.2) is 0 Å².